The summed E-state index contributed by atoms with van der Waals surface area (Å²) in [6.07, 6.45) is 4.16. The molecule has 2 nitrogen and oxygen atoms in total. The maximum Gasteiger partial charge on any atom is 0.0263 e. The molecule has 2 saturated heterocycles. The topological polar surface area (TPSA) is 15.3 Å². The zero-order valence-electron chi connectivity index (χ0n) is 10.5. The zero-order chi connectivity index (χ0) is 10.8. The van der Waals surface area contributed by atoms with E-state index in [1.165, 1.54) is 38.9 Å². The largest absolute Gasteiger partial charge is 0.315 e. The second-order valence-corrected chi connectivity index (χ2v) is 5.49. The molecule has 4 atom stereocenters. The highest BCUT2D eigenvalue weighted by molar-refractivity contribution is 4.94. The van der Waals surface area contributed by atoms with Crippen LogP contribution in [0.4, 0.5) is 0 Å². The van der Waals surface area contributed by atoms with E-state index in [1.54, 1.807) is 0 Å². The molecule has 0 amide bonds. The summed E-state index contributed by atoms with van der Waals surface area (Å²) in [5, 5.41) is 3.56. The van der Waals surface area contributed by atoms with Gasteiger partial charge in [-0.05, 0) is 44.7 Å². The summed E-state index contributed by atoms with van der Waals surface area (Å²) in [4.78, 5) is 2.78. The molecular weight excluding hydrogens is 184 g/mol. The summed E-state index contributed by atoms with van der Waals surface area (Å²) >= 11 is 0. The minimum Gasteiger partial charge on any atom is -0.315 e. The molecule has 2 aliphatic rings. The van der Waals surface area contributed by atoms with Gasteiger partial charge in [0, 0.05) is 18.6 Å². The SMILES string of the molecule is CCC(C)C(C)N1CCCC2CNCC21. The van der Waals surface area contributed by atoms with Gasteiger partial charge in [-0.15, -0.1) is 0 Å². The van der Waals surface area contributed by atoms with E-state index in [9.17, 15) is 0 Å². The molecule has 88 valence electrons. The Morgan fingerprint density at radius 2 is 2.13 bits per heavy atom. The maximum atomic E-state index is 3.56. The first-order chi connectivity index (χ1) is 7.24. The van der Waals surface area contributed by atoms with Crippen molar-refractivity contribution < 1.29 is 0 Å². The van der Waals surface area contributed by atoms with Crippen molar-refractivity contribution in [2.45, 2.75) is 52.1 Å². The van der Waals surface area contributed by atoms with Gasteiger partial charge in [-0.1, -0.05) is 20.3 Å². The van der Waals surface area contributed by atoms with Gasteiger partial charge >= 0.3 is 0 Å². The summed E-state index contributed by atoms with van der Waals surface area (Å²) in [6, 6.07) is 1.60. The van der Waals surface area contributed by atoms with Crippen LogP contribution in [0.25, 0.3) is 0 Å². The molecule has 0 aromatic carbocycles. The summed E-state index contributed by atoms with van der Waals surface area (Å²) in [7, 11) is 0. The molecule has 2 rings (SSSR count). The van der Waals surface area contributed by atoms with E-state index >= 15 is 0 Å². The van der Waals surface area contributed by atoms with E-state index < -0.39 is 0 Å². The summed E-state index contributed by atoms with van der Waals surface area (Å²) in [5.74, 6) is 1.77. The number of rotatable bonds is 3. The van der Waals surface area contributed by atoms with Gasteiger partial charge in [0.2, 0.25) is 0 Å². The molecule has 15 heavy (non-hydrogen) atoms. The van der Waals surface area contributed by atoms with Gasteiger partial charge in [-0.2, -0.15) is 0 Å². The first-order valence-electron chi connectivity index (χ1n) is 6.70. The van der Waals surface area contributed by atoms with Crippen LogP contribution in [-0.2, 0) is 0 Å². The van der Waals surface area contributed by atoms with E-state index in [2.05, 4.69) is 31.0 Å². The van der Waals surface area contributed by atoms with Gasteiger partial charge in [0.05, 0.1) is 0 Å². The number of hydrogen-bond donors (Lipinski definition) is 1. The number of likely N-dealkylation sites (tertiary alicyclic amines) is 1. The fourth-order valence-corrected chi connectivity index (χ4v) is 3.28. The molecule has 4 unspecified atom stereocenters. The highest BCUT2D eigenvalue weighted by Gasteiger charge is 2.37. The minimum absolute atomic E-state index is 0.766. The molecule has 2 heteroatoms. The normalized spacial score (nSPS) is 36.2. The maximum absolute atomic E-state index is 3.56. The van der Waals surface area contributed by atoms with Crippen molar-refractivity contribution in [3.63, 3.8) is 0 Å². The average molecular weight is 210 g/mol. The lowest BCUT2D eigenvalue weighted by Gasteiger charge is -2.43. The first kappa shape index (κ1) is 11.4. The molecule has 0 aliphatic carbocycles. The predicted molar refractivity (Wildman–Crippen MR) is 65.0 cm³/mol. The number of nitrogens with one attached hydrogen (secondary N) is 1. The van der Waals surface area contributed by atoms with E-state index in [1.807, 2.05) is 0 Å². The van der Waals surface area contributed by atoms with E-state index in [-0.39, 0.29) is 0 Å². The fourth-order valence-electron chi connectivity index (χ4n) is 3.28. The standard InChI is InChI=1S/C13H26N2/c1-4-10(2)11(3)15-7-5-6-12-8-14-9-13(12)15/h10-14H,4-9H2,1-3H3. The van der Waals surface area contributed by atoms with Gasteiger partial charge < -0.3 is 5.32 Å². The highest BCUT2D eigenvalue weighted by Crippen LogP contribution is 2.30. The third-order valence-electron chi connectivity index (χ3n) is 4.71. The van der Waals surface area contributed by atoms with Crippen molar-refractivity contribution in [1.29, 1.82) is 0 Å². The second kappa shape index (κ2) is 4.84. The molecule has 0 saturated carbocycles. The Hall–Kier alpha value is -0.0800. The molecule has 2 aliphatic heterocycles. The molecule has 0 radical (unpaired) electrons. The number of fused-ring (bicyclic) bond motifs is 1. The van der Waals surface area contributed by atoms with Crippen LogP contribution in [0.5, 0.6) is 0 Å². The van der Waals surface area contributed by atoms with E-state index in [4.69, 9.17) is 0 Å². The lowest BCUT2D eigenvalue weighted by molar-refractivity contribution is 0.0590. The second-order valence-electron chi connectivity index (χ2n) is 5.49. The van der Waals surface area contributed by atoms with Crippen LogP contribution in [0, 0.1) is 11.8 Å². The van der Waals surface area contributed by atoms with Crippen LogP contribution in [0.2, 0.25) is 0 Å². The predicted octanol–water partition coefficient (Wildman–Crippen LogP) is 2.10. The molecule has 1 N–H and O–H groups in total. The minimum atomic E-state index is 0.766. The van der Waals surface area contributed by atoms with Crippen molar-refractivity contribution in [2.75, 3.05) is 19.6 Å². The highest BCUT2D eigenvalue weighted by atomic mass is 15.2. The molecule has 0 aromatic heterocycles. The van der Waals surface area contributed by atoms with Crippen LogP contribution >= 0.6 is 0 Å². The lowest BCUT2D eigenvalue weighted by atomic mass is 9.88. The van der Waals surface area contributed by atoms with Crippen LogP contribution in [-0.4, -0.2) is 36.6 Å². The molecular formula is C13H26N2. The van der Waals surface area contributed by atoms with Crippen molar-refractivity contribution in [2.24, 2.45) is 11.8 Å². The molecule has 0 aromatic rings. The van der Waals surface area contributed by atoms with Gasteiger partial charge in [0.1, 0.15) is 0 Å². The number of nitrogens with zero attached hydrogens (tertiary/aromatic N) is 1. The van der Waals surface area contributed by atoms with Gasteiger partial charge in [-0.25, -0.2) is 0 Å². The molecule has 2 heterocycles. The molecule has 0 spiro atoms. The Labute approximate surface area is 94.4 Å². The van der Waals surface area contributed by atoms with Gasteiger partial charge in [0.15, 0.2) is 0 Å². The fraction of sp³-hybridized carbons (Fsp3) is 1.00. The third-order valence-corrected chi connectivity index (χ3v) is 4.71. The Balaban J connectivity index is 2.00. The Kier molecular flexibility index (Phi) is 3.68. The van der Waals surface area contributed by atoms with Gasteiger partial charge in [-0.3, -0.25) is 4.90 Å². The average Bonchev–Trinajstić information content (AvgIpc) is 2.74. The monoisotopic (exact) mass is 210 g/mol. The number of hydrogen-bond acceptors (Lipinski definition) is 2. The van der Waals surface area contributed by atoms with Gasteiger partial charge in [0.25, 0.3) is 0 Å². The van der Waals surface area contributed by atoms with Crippen LogP contribution in [0.3, 0.4) is 0 Å². The van der Waals surface area contributed by atoms with Crippen molar-refractivity contribution in [3.05, 3.63) is 0 Å². The summed E-state index contributed by atoms with van der Waals surface area (Å²) in [6.45, 7) is 11.0. The van der Waals surface area contributed by atoms with Crippen molar-refractivity contribution in [3.8, 4) is 0 Å². The smallest absolute Gasteiger partial charge is 0.0263 e. The Morgan fingerprint density at radius 3 is 2.87 bits per heavy atom. The van der Waals surface area contributed by atoms with E-state index in [0.717, 1.165) is 23.9 Å². The quantitative estimate of drug-likeness (QED) is 0.767. The Bertz CT molecular complexity index is 205. The van der Waals surface area contributed by atoms with E-state index in [0.29, 0.717) is 0 Å². The number of piperidine rings is 1. The summed E-state index contributed by atoms with van der Waals surface area (Å²) in [5.41, 5.74) is 0. The van der Waals surface area contributed by atoms with Crippen LogP contribution in [0.1, 0.15) is 40.0 Å². The summed E-state index contributed by atoms with van der Waals surface area (Å²) < 4.78 is 0. The Morgan fingerprint density at radius 1 is 1.33 bits per heavy atom. The third kappa shape index (κ3) is 2.21. The van der Waals surface area contributed by atoms with Crippen molar-refractivity contribution >= 4 is 0 Å². The first-order valence-corrected chi connectivity index (χ1v) is 6.70. The van der Waals surface area contributed by atoms with Crippen LogP contribution < -0.4 is 5.32 Å². The van der Waals surface area contributed by atoms with Crippen LogP contribution in [0.15, 0.2) is 0 Å². The van der Waals surface area contributed by atoms with Crippen molar-refractivity contribution in [1.82, 2.24) is 10.2 Å². The zero-order valence-corrected chi connectivity index (χ0v) is 10.5. The molecule has 0 bridgehead atoms. The lowest BCUT2D eigenvalue weighted by Crippen LogP contribution is -2.51. The molecule has 2 fully saturated rings.